The largest absolute Gasteiger partial charge is 0.320 e. The van der Waals surface area contributed by atoms with Crippen molar-refractivity contribution in [1.82, 2.24) is 4.98 Å². The van der Waals surface area contributed by atoms with Crippen LogP contribution in [0.4, 0.5) is 0 Å². The van der Waals surface area contributed by atoms with Crippen LogP contribution in [0.3, 0.4) is 0 Å². The maximum absolute atomic E-state index is 6.15. The predicted octanol–water partition coefficient (Wildman–Crippen LogP) is 3.26. The summed E-state index contributed by atoms with van der Waals surface area (Å²) in [5.41, 5.74) is 8.35. The second kappa shape index (κ2) is 4.43. The first-order chi connectivity index (χ1) is 7.16. The van der Waals surface area contributed by atoms with Crippen LogP contribution in [0.25, 0.3) is 0 Å². The lowest BCUT2D eigenvalue weighted by Crippen LogP contribution is -2.10. The fraction of sp³-hybridized carbons (Fsp3) is 0.182. The topological polar surface area (TPSA) is 38.9 Å². The number of rotatable bonds is 2. The van der Waals surface area contributed by atoms with Gasteiger partial charge in [0.2, 0.25) is 0 Å². The van der Waals surface area contributed by atoms with Gasteiger partial charge in [0.25, 0.3) is 0 Å². The Kier molecular flexibility index (Phi) is 3.19. The van der Waals surface area contributed by atoms with Crippen molar-refractivity contribution in [2.24, 2.45) is 5.73 Å². The Morgan fingerprint density at radius 2 is 2.20 bits per heavy atom. The summed E-state index contributed by atoms with van der Waals surface area (Å²) in [5, 5.41) is 0. The van der Waals surface area contributed by atoms with Crippen molar-refractivity contribution < 1.29 is 0 Å². The molecule has 2 aromatic heterocycles. The third-order valence-corrected chi connectivity index (χ3v) is 3.86. The molecule has 78 valence electrons. The Morgan fingerprint density at radius 3 is 2.80 bits per heavy atom. The van der Waals surface area contributed by atoms with Crippen molar-refractivity contribution >= 4 is 27.3 Å². The number of aryl methyl sites for hydroxylation is 1. The monoisotopic (exact) mass is 282 g/mol. The molecule has 0 amide bonds. The zero-order valence-electron chi connectivity index (χ0n) is 8.27. The lowest BCUT2D eigenvalue weighted by molar-refractivity contribution is 0.881. The Balaban J connectivity index is 2.32. The number of nitrogens with two attached hydrogens (primary N) is 1. The summed E-state index contributed by atoms with van der Waals surface area (Å²) in [6.07, 6.45) is 3.66. The minimum absolute atomic E-state index is 0.0753. The minimum Gasteiger partial charge on any atom is -0.320 e. The van der Waals surface area contributed by atoms with E-state index in [1.54, 1.807) is 11.3 Å². The number of aromatic nitrogens is 1. The van der Waals surface area contributed by atoms with E-state index in [0.29, 0.717) is 0 Å². The molecule has 4 heteroatoms. The summed E-state index contributed by atoms with van der Waals surface area (Å²) in [4.78, 5) is 5.30. The van der Waals surface area contributed by atoms with E-state index in [2.05, 4.69) is 27.0 Å². The van der Waals surface area contributed by atoms with E-state index in [9.17, 15) is 0 Å². The van der Waals surface area contributed by atoms with Crippen LogP contribution in [0.5, 0.6) is 0 Å². The molecule has 0 aliphatic heterocycles. The molecule has 0 radical (unpaired) electrons. The molecule has 15 heavy (non-hydrogen) atoms. The summed E-state index contributed by atoms with van der Waals surface area (Å²) in [6, 6.07) is 6.06. The molecule has 0 bridgehead atoms. The van der Waals surface area contributed by atoms with Gasteiger partial charge in [-0.3, -0.25) is 4.98 Å². The van der Waals surface area contributed by atoms with E-state index >= 15 is 0 Å². The highest BCUT2D eigenvalue weighted by atomic mass is 79.9. The first-order valence-electron chi connectivity index (χ1n) is 4.59. The molecule has 0 aromatic carbocycles. The highest BCUT2D eigenvalue weighted by molar-refractivity contribution is 9.11. The van der Waals surface area contributed by atoms with E-state index in [4.69, 9.17) is 5.73 Å². The summed E-state index contributed by atoms with van der Waals surface area (Å²) >= 11 is 5.10. The van der Waals surface area contributed by atoms with Gasteiger partial charge in [-0.1, -0.05) is 6.07 Å². The number of pyridine rings is 1. The molecule has 0 aliphatic rings. The number of hydrogen-bond acceptors (Lipinski definition) is 3. The van der Waals surface area contributed by atoms with Crippen LogP contribution in [0, 0.1) is 6.92 Å². The molecule has 0 spiro atoms. The van der Waals surface area contributed by atoms with Gasteiger partial charge < -0.3 is 5.73 Å². The highest BCUT2D eigenvalue weighted by Gasteiger charge is 2.11. The number of hydrogen-bond donors (Lipinski definition) is 1. The van der Waals surface area contributed by atoms with Crippen molar-refractivity contribution in [2.45, 2.75) is 13.0 Å². The van der Waals surface area contributed by atoms with Crippen molar-refractivity contribution in [3.8, 4) is 0 Å². The molecular formula is C11H11BrN2S. The van der Waals surface area contributed by atoms with E-state index < -0.39 is 0 Å². The molecule has 0 saturated heterocycles. The predicted molar refractivity (Wildman–Crippen MR) is 67.0 cm³/mol. The summed E-state index contributed by atoms with van der Waals surface area (Å²) in [5.74, 6) is 0. The van der Waals surface area contributed by atoms with Gasteiger partial charge in [0.1, 0.15) is 0 Å². The molecule has 2 N–H and O–H groups in total. The average molecular weight is 283 g/mol. The second-order valence-corrected chi connectivity index (χ2v) is 5.91. The third kappa shape index (κ3) is 2.45. The number of halogens is 1. The van der Waals surface area contributed by atoms with Gasteiger partial charge in [0.05, 0.1) is 9.83 Å². The van der Waals surface area contributed by atoms with Crippen molar-refractivity contribution in [3.05, 3.63) is 50.4 Å². The van der Waals surface area contributed by atoms with E-state index in [0.717, 1.165) is 19.8 Å². The Labute approximate surface area is 101 Å². The summed E-state index contributed by atoms with van der Waals surface area (Å²) in [7, 11) is 0. The number of thiophene rings is 1. The van der Waals surface area contributed by atoms with Gasteiger partial charge >= 0.3 is 0 Å². The standard InChI is InChI=1S/C11H11BrN2S/c1-7-4-8(6-14-5-7)11(13)9-2-3-10(12)15-9/h2-6,11H,13H2,1H3. The van der Waals surface area contributed by atoms with Crippen molar-refractivity contribution in [3.63, 3.8) is 0 Å². The SMILES string of the molecule is Cc1cncc(C(N)c2ccc(Br)s2)c1. The summed E-state index contributed by atoms with van der Waals surface area (Å²) in [6.45, 7) is 2.02. The molecule has 1 unspecified atom stereocenters. The van der Waals surface area contributed by atoms with Gasteiger partial charge in [-0.05, 0) is 46.1 Å². The fourth-order valence-electron chi connectivity index (χ4n) is 1.41. The smallest absolute Gasteiger partial charge is 0.0702 e. The first kappa shape index (κ1) is 10.8. The average Bonchev–Trinajstić information content (AvgIpc) is 2.64. The molecule has 0 saturated carbocycles. The third-order valence-electron chi connectivity index (χ3n) is 2.16. The Hall–Kier alpha value is -0.710. The lowest BCUT2D eigenvalue weighted by Gasteiger charge is -2.09. The van der Waals surface area contributed by atoms with Gasteiger partial charge in [-0.15, -0.1) is 11.3 Å². The molecule has 2 heterocycles. The zero-order chi connectivity index (χ0) is 10.8. The van der Waals surface area contributed by atoms with Gasteiger partial charge in [0, 0.05) is 17.3 Å². The molecule has 2 aromatic rings. The Bertz CT molecular complexity index is 467. The Morgan fingerprint density at radius 1 is 1.40 bits per heavy atom. The molecule has 1 atom stereocenters. The van der Waals surface area contributed by atoms with E-state index in [1.165, 1.54) is 0 Å². The quantitative estimate of drug-likeness (QED) is 0.918. The first-order valence-corrected chi connectivity index (χ1v) is 6.20. The van der Waals surface area contributed by atoms with Gasteiger partial charge in [-0.2, -0.15) is 0 Å². The van der Waals surface area contributed by atoms with Crippen LogP contribution in [-0.4, -0.2) is 4.98 Å². The minimum atomic E-state index is -0.0753. The van der Waals surface area contributed by atoms with Gasteiger partial charge in [-0.25, -0.2) is 0 Å². The van der Waals surface area contributed by atoms with Gasteiger partial charge in [0.15, 0.2) is 0 Å². The fourth-order valence-corrected chi connectivity index (χ4v) is 2.86. The van der Waals surface area contributed by atoms with Crippen molar-refractivity contribution in [2.75, 3.05) is 0 Å². The van der Waals surface area contributed by atoms with Crippen LogP contribution in [0.15, 0.2) is 34.4 Å². The van der Waals surface area contributed by atoms with Crippen molar-refractivity contribution in [1.29, 1.82) is 0 Å². The van der Waals surface area contributed by atoms with Crippen LogP contribution in [0.1, 0.15) is 22.0 Å². The molecule has 0 aliphatic carbocycles. The molecular weight excluding hydrogens is 272 g/mol. The normalized spacial score (nSPS) is 12.7. The van der Waals surface area contributed by atoms with E-state index in [1.807, 2.05) is 31.5 Å². The number of nitrogens with zero attached hydrogens (tertiary/aromatic N) is 1. The van der Waals surface area contributed by atoms with Crippen LogP contribution >= 0.6 is 27.3 Å². The molecule has 2 rings (SSSR count). The summed E-state index contributed by atoms with van der Waals surface area (Å²) < 4.78 is 1.11. The maximum atomic E-state index is 6.15. The molecule has 0 fully saturated rings. The lowest BCUT2D eigenvalue weighted by atomic mass is 10.1. The second-order valence-electron chi connectivity index (χ2n) is 3.42. The van der Waals surface area contributed by atoms with E-state index in [-0.39, 0.29) is 6.04 Å². The van der Waals surface area contributed by atoms with Crippen LogP contribution in [-0.2, 0) is 0 Å². The highest BCUT2D eigenvalue weighted by Crippen LogP contribution is 2.29. The van der Waals surface area contributed by atoms with Crippen LogP contribution < -0.4 is 5.73 Å². The molecule has 2 nitrogen and oxygen atoms in total. The van der Waals surface area contributed by atoms with Crippen LogP contribution in [0.2, 0.25) is 0 Å². The maximum Gasteiger partial charge on any atom is 0.0702 e. The zero-order valence-corrected chi connectivity index (χ0v) is 10.7.